The molecule has 1 aliphatic carbocycles. The molecule has 4 nitrogen and oxygen atoms in total. The van der Waals surface area contributed by atoms with Crippen molar-refractivity contribution in [1.82, 2.24) is 10.6 Å². The van der Waals surface area contributed by atoms with Crippen LogP contribution in [0.5, 0.6) is 0 Å². The molecule has 1 aromatic heterocycles. The number of rotatable bonds is 3. The molecule has 0 radical (unpaired) electrons. The van der Waals surface area contributed by atoms with Crippen molar-refractivity contribution in [2.24, 2.45) is 0 Å². The van der Waals surface area contributed by atoms with E-state index in [1.807, 2.05) is 0 Å². The first-order valence-electron chi connectivity index (χ1n) is 6.72. The fourth-order valence-electron chi connectivity index (χ4n) is 2.76. The van der Waals surface area contributed by atoms with Crippen molar-refractivity contribution in [2.75, 3.05) is 13.6 Å². The first kappa shape index (κ1) is 14.1. The van der Waals surface area contributed by atoms with Gasteiger partial charge in [-0.3, -0.25) is 9.59 Å². The summed E-state index contributed by atoms with van der Waals surface area (Å²) in [7, 11) is 1.47. The Bertz CT molecular complexity index is 436. The fraction of sp³-hybridized carbons (Fsp3) is 0.571. The molecule has 1 aromatic rings. The lowest BCUT2D eigenvalue weighted by molar-refractivity contribution is -0.139. The van der Waals surface area contributed by atoms with E-state index in [1.54, 1.807) is 11.3 Å². The molecule has 2 rings (SSSR count). The Hall–Kier alpha value is -1.36. The lowest BCUT2D eigenvalue weighted by atomic mass is 9.73. The Kier molecular flexibility index (Phi) is 4.58. The van der Waals surface area contributed by atoms with E-state index in [4.69, 9.17) is 0 Å². The second-order valence-electron chi connectivity index (χ2n) is 5.08. The summed E-state index contributed by atoms with van der Waals surface area (Å²) in [4.78, 5) is 24.2. The number of likely N-dealkylation sites (N-methyl/N-ethyl adjacent to an activating group) is 1. The van der Waals surface area contributed by atoms with E-state index in [0.29, 0.717) is 6.54 Å². The zero-order valence-electron chi connectivity index (χ0n) is 11.2. The highest BCUT2D eigenvalue weighted by molar-refractivity contribution is 7.10. The van der Waals surface area contributed by atoms with Crippen molar-refractivity contribution >= 4 is 23.2 Å². The van der Waals surface area contributed by atoms with Crippen LogP contribution in [-0.4, -0.2) is 25.4 Å². The molecule has 1 fully saturated rings. The molecule has 0 saturated heterocycles. The summed E-state index contributed by atoms with van der Waals surface area (Å²) in [6.45, 7) is 0.555. The fourth-order valence-corrected chi connectivity index (χ4v) is 3.75. The average molecular weight is 280 g/mol. The van der Waals surface area contributed by atoms with Crippen LogP contribution in [0.25, 0.3) is 0 Å². The molecule has 1 saturated carbocycles. The minimum Gasteiger partial charge on any atom is -0.351 e. The van der Waals surface area contributed by atoms with Crippen LogP contribution >= 0.6 is 11.3 Å². The van der Waals surface area contributed by atoms with E-state index in [2.05, 4.69) is 28.1 Å². The van der Waals surface area contributed by atoms with Gasteiger partial charge in [-0.1, -0.05) is 25.3 Å². The van der Waals surface area contributed by atoms with Gasteiger partial charge in [0.05, 0.1) is 0 Å². The lowest BCUT2D eigenvalue weighted by Gasteiger charge is -2.36. The second-order valence-corrected chi connectivity index (χ2v) is 6.03. The summed E-state index contributed by atoms with van der Waals surface area (Å²) in [6.07, 6.45) is 5.81. The zero-order chi connectivity index (χ0) is 13.7. The highest BCUT2D eigenvalue weighted by atomic mass is 32.1. The summed E-state index contributed by atoms with van der Waals surface area (Å²) in [5.41, 5.74) is 0.0239. The molecule has 0 aromatic carbocycles. The minimum atomic E-state index is -0.572. The molecular weight excluding hydrogens is 260 g/mol. The third kappa shape index (κ3) is 3.15. The summed E-state index contributed by atoms with van der Waals surface area (Å²) >= 11 is 1.74. The van der Waals surface area contributed by atoms with Crippen LogP contribution in [0.3, 0.4) is 0 Å². The predicted octanol–water partition coefficient (Wildman–Crippen LogP) is 1.81. The topological polar surface area (TPSA) is 58.2 Å². The third-order valence-electron chi connectivity index (χ3n) is 3.88. The van der Waals surface area contributed by atoms with E-state index in [-0.39, 0.29) is 5.41 Å². The molecule has 104 valence electrons. The van der Waals surface area contributed by atoms with E-state index < -0.39 is 11.8 Å². The van der Waals surface area contributed by atoms with Gasteiger partial charge in [0.25, 0.3) is 0 Å². The van der Waals surface area contributed by atoms with Crippen molar-refractivity contribution in [3.8, 4) is 0 Å². The van der Waals surface area contributed by atoms with Gasteiger partial charge in [-0.05, 0) is 24.3 Å². The van der Waals surface area contributed by atoms with E-state index >= 15 is 0 Å². The van der Waals surface area contributed by atoms with Gasteiger partial charge in [0.2, 0.25) is 0 Å². The number of hydrogen-bond donors (Lipinski definition) is 2. The lowest BCUT2D eigenvalue weighted by Crippen LogP contribution is -2.46. The van der Waals surface area contributed by atoms with E-state index in [1.165, 1.54) is 31.2 Å². The molecule has 2 N–H and O–H groups in total. The molecule has 19 heavy (non-hydrogen) atoms. The molecule has 5 heteroatoms. The van der Waals surface area contributed by atoms with Crippen molar-refractivity contribution in [3.05, 3.63) is 22.4 Å². The van der Waals surface area contributed by atoms with Crippen LogP contribution in [0.1, 0.15) is 37.0 Å². The highest BCUT2D eigenvalue weighted by Crippen LogP contribution is 2.40. The Balaban J connectivity index is 2.07. The monoisotopic (exact) mass is 280 g/mol. The number of carbonyl (C=O) groups excluding carboxylic acids is 2. The van der Waals surface area contributed by atoms with E-state index in [0.717, 1.165) is 12.8 Å². The number of amides is 2. The van der Waals surface area contributed by atoms with Crippen LogP contribution in [0.2, 0.25) is 0 Å². The van der Waals surface area contributed by atoms with Gasteiger partial charge in [-0.15, -0.1) is 11.3 Å². The molecule has 0 aliphatic heterocycles. The molecule has 1 heterocycles. The maximum absolute atomic E-state index is 11.6. The van der Waals surface area contributed by atoms with E-state index in [9.17, 15) is 9.59 Å². The predicted molar refractivity (Wildman–Crippen MR) is 76.2 cm³/mol. The maximum atomic E-state index is 11.6. The Labute approximate surface area is 117 Å². The minimum absolute atomic E-state index is 0.0239. The summed E-state index contributed by atoms with van der Waals surface area (Å²) in [5, 5.41) is 7.21. The van der Waals surface area contributed by atoms with Crippen LogP contribution in [0, 0.1) is 0 Å². The molecule has 1 aliphatic rings. The standard InChI is InChI=1S/C14H20N2O2S/c1-15-12(17)13(18)16-10-14(7-3-2-4-8-14)11-6-5-9-19-11/h5-6,9H,2-4,7-8,10H2,1H3,(H,15,17)(H,16,18). The average Bonchev–Trinajstić information content (AvgIpc) is 2.99. The summed E-state index contributed by atoms with van der Waals surface area (Å²) in [5.74, 6) is -1.11. The molecule has 0 atom stereocenters. The summed E-state index contributed by atoms with van der Waals surface area (Å²) in [6, 6.07) is 4.19. The third-order valence-corrected chi connectivity index (χ3v) is 4.99. The van der Waals surface area contributed by atoms with Gasteiger partial charge in [0.15, 0.2) is 0 Å². The normalized spacial score (nSPS) is 17.7. The Morgan fingerprint density at radius 2 is 2.00 bits per heavy atom. The van der Waals surface area contributed by atoms with Crippen LogP contribution in [-0.2, 0) is 15.0 Å². The van der Waals surface area contributed by atoms with Crippen LogP contribution in [0.15, 0.2) is 17.5 Å². The maximum Gasteiger partial charge on any atom is 0.309 e. The van der Waals surface area contributed by atoms with Gasteiger partial charge < -0.3 is 10.6 Å². The van der Waals surface area contributed by atoms with Gasteiger partial charge >= 0.3 is 11.8 Å². The Morgan fingerprint density at radius 3 is 2.58 bits per heavy atom. The van der Waals surface area contributed by atoms with Gasteiger partial charge in [-0.2, -0.15) is 0 Å². The molecule has 2 amide bonds. The zero-order valence-corrected chi connectivity index (χ0v) is 12.0. The molecular formula is C14H20N2O2S. The molecule has 0 spiro atoms. The van der Waals surface area contributed by atoms with Crippen LogP contribution < -0.4 is 10.6 Å². The quantitative estimate of drug-likeness (QED) is 0.830. The van der Waals surface area contributed by atoms with Crippen molar-refractivity contribution in [2.45, 2.75) is 37.5 Å². The number of thiophene rings is 1. The van der Waals surface area contributed by atoms with Gasteiger partial charge in [-0.25, -0.2) is 0 Å². The number of carbonyl (C=O) groups is 2. The van der Waals surface area contributed by atoms with Gasteiger partial charge in [0, 0.05) is 23.9 Å². The first-order chi connectivity index (χ1) is 9.18. The first-order valence-corrected chi connectivity index (χ1v) is 7.60. The largest absolute Gasteiger partial charge is 0.351 e. The van der Waals surface area contributed by atoms with Crippen molar-refractivity contribution in [3.63, 3.8) is 0 Å². The smallest absolute Gasteiger partial charge is 0.309 e. The summed E-state index contributed by atoms with van der Waals surface area (Å²) < 4.78 is 0. The number of hydrogen-bond acceptors (Lipinski definition) is 3. The second kappa shape index (κ2) is 6.19. The Morgan fingerprint density at radius 1 is 1.26 bits per heavy atom. The van der Waals surface area contributed by atoms with Gasteiger partial charge in [0.1, 0.15) is 0 Å². The van der Waals surface area contributed by atoms with Crippen molar-refractivity contribution in [1.29, 1.82) is 0 Å². The van der Waals surface area contributed by atoms with Crippen LogP contribution in [0.4, 0.5) is 0 Å². The SMILES string of the molecule is CNC(=O)C(=O)NCC1(c2cccs2)CCCCC1. The molecule has 0 bridgehead atoms. The number of nitrogens with one attached hydrogen (secondary N) is 2. The molecule has 0 unspecified atom stereocenters. The van der Waals surface area contributed by atoms with Crippen molar-refractivity contribution < 1.29 is 9.59 Å². The highest BCUT2D eigenvalue weighted by Gasteiger charge is 2.35.